The first kappa shape index (κ1) is 29.2. The number of guanidine groups is 1. The first-order valence-electron chi connectivity index (χ1n) is 14.9. The van der Waals surface area contributed by atoms with Crippen molar-refractivity contribution in [1.82, 2.24) is 10.2 Å². The Morgan fingerprint density at radius 2 is 1.53 bits per heavy atom. The average Bonchev–Trinajstić information content (AvgIpc) is 2.90. The second-order valence-corrected chi connectivity index (χ2v) is 11.9. The molecule has 0 aromatic heterocycles. The molecule has 0 spiro atoms. The summed E-state index contributed by atoms with van der Waals surface area (Å²) in [6.07, 6.45) is 17.0. The predicted molar refractivity (Wildman–Crippen MR) is 145 cm³/mol. The summed E-state index contributed by atoms with van der Waals surface area (Å²) in [6.45, 7) is 9.55. The van der Waals surface area contributed by atoms with Gasteiger partial charge in [-0.05, 0) is 71.6 Å². The molecule has 7 heteroatoms. The van der Waals surface area contributed by atoms with E-state index in [1.165, 1.54) is 70.2 Å². The molecule has 7 nitrogen and oxygen atoms in total. The van der Waals surface area contributed by atoms with E-state index in [0.29, 0.717) is 12.1 Å². The number of carbonyl (C=O) groups is 1. The number of ether oxygens (including phenoxy) is 2. The number of hydrogen-bond acceptors (Lipinski definition) is 5. The maximum Gasteiger partial charge on any atom is 0.309 e. The van der Waals surface area contributed by atoms with Crippen LogP contribution in [0.5, 0.6) is 0 Å². The third kappa shape index (κ3) is 10.2. The van der Waals surface area contributed by atoms with Gasteiger partial charge in [-0.1, -0.05) is 45.4 Å². The molecule has 0 bridgehead atoms. The van der Waals surface area contributed by atoms with Gasteiger partial charge in [0, 0.05) is 19.1 Å². The van der Waals surface area contributed by atoms with Gasteiger partial charge in [0.25, 0.3) is 0 Å². The fourth-order valence-corrected chi connectivity index (χ4v) is 5.54. The first-order valence-corrected chi connectivity index (χ1v) is 14.9. The Kier molecular flexibility index (Phi) is 12.3. The number of nitrogens with zero attached hydrogens (tertiary/aromatic N) is 2. The molecule has 0 unspecified atom stereocenters. The quantitative estimate of drug-likeness (QED) is 0.302. The second-order valence-electron chi connectivity index (χ2n) is 11.9. The molecular weight excluding hydrogens is 454 g/mol. The zero-order chi connectivity index (χ0) is 25.8. The van der Waals surface area contributed by atoms with Crippen LogP contribution in [0.3, 0.4) is 0 Å². The van der Waals surface area contributed by atoms with Crippen molar-refractivity contribution in [3.8, 4) is 0 Å². The summed E-state index contributed by atoms with van der Waals surface area (Å²) in [5, 5.41) is 13.1. The topological polar surface area (TPSA) is 83.4 Å². The molecule has 3 aliphatic carbocycles. The zero-order valence-corrected chi connectivity index (χ0v) is 23.3. The number of aliphatic imine (C=N–C) groups is 1. The highest BCUT2D eigenvalue weighted by molar-refractivity contribution is 5.80. The lowest BCUT2D eigenvalue weighted by molar-refractivity contribution is -0.163. The van der Waals surface area contributed by atoms with Crippen LogP contribution in [0.15, 0.2) is 4.99 Å². The largest absolute Gasteiger partial charge is 0.459 e. The molecule has 1 aliphatic heterocycles. The molecule has 0 radical (unpaired) electrons. The summed E-state index contributed by atoms with van der Waals surface area (Å²) in [6, 6.07) is 1.19. The fraction of sp³-hybridized carbons (Fsp3) is 0.931. The predicted octanol–water partition coefficient (Wildman–Crippen LogP) is 5.20. The van der Waals surface area contributed by atoms with E-state index in [1.807, 2.05) is 20.8 Å². The molecule has 4 fully saturated rings. The van der Waals surface area contributed by atoms with Gasteiger partial charge in [-0.3, -0.25) is 4.79 Å². The van der Waals surface area contributed by atoms with Crippen molar-refractivity contribution in [3.63, 3.8) is 0 Å². The molecule has 4 rings (SSSR count). The monoisotopic (exact) mass is 507 g/mol. The number of aliphatic hydroxyl groups excluding tert-OH is 1. The summed E-state index contributed by atoms with van der Waals surface area (Å²) < 4.78 is 10.9. The minimum atomic E-state index is -0.354. The molecule has 3 saturated carbocycles. The van der Waals surface area contributed by atoms with E-state index in [-0.39, 0.29) is 23.6 Å². The van der Waals surface area contributed by atoms with E-state index < -0.39 is 0 Å². The average molecular weight is 508 g/mol. The van der Waals surface area contributed by atoms with Crippen LogP contribution in [0.4, 0.5) is 0 Å². The van der Waals surface area contributed by atoms with Crippen LogP contribution < -0.4 is 5.32 Å². The van der Waals surface area contributed by atoms with Crippen LogP contribution in [0.1, 0.15) is 117 Å². The number of carbonyl (C=O) groups excluding carboxylic acids is 1. The van der Waals surface area contributed by atoms with E-state index in [4.69, 9.17) is 14.5 Å². The third-order valence-electron chi connectivity index (χ3n) is 8.39. The Hall–Kier alpha value is -1.34. The van der Waals surface area contributed by atoms with Gasteiger partial charge < -0.3 is 24.8 Å². The van der Waals surface area contributed by atoms with Crippen molar-refractivity contribution >= 4 is 11.9 Å². The van der Waals surface area contributed by atoms with Crippen LogP contribution in [0.25, 0.3) is 0 Å². The molecule has 36 heavy (non-hydrogen) atoms. The van der Waals surface area contributed by atoms with Crippen molar-refractivity contribution in [2.24, 2.45) is 10.9 Å². The molecular formula is C29H53N3O4. The van der Waals surface area contributed by atoms with E-state index in [2.05, 4.69) is 10.2 Å². The van der Waals surface area contributed by atoms with Gasteiger partial charge in [0.1, 0.15) is 5.60 Å². The maximum atomic E-state index is 11.8. The number of rotatable bonds is 5. The van der Waals surface area contributed by atoms with Crippen molar-refractivity contribution in [2.45, 2.75) is 141 Å². The molecule has 0 aromatic carbocycles. The van der Waals surface area contributed by atoms with Crippen molar-refractivity contribution in [3.05, 3.63) is 0 Å². The normalized spacial score (nSPS) is 27.1. The molecule has 0 aromatic rings. The molecule has 208 valence electrons. The van der Waals surface area contributed by atoms with Crippen LogP contribution >= 0.6 is 0 Å². The van der Waals surface area contributed by atoms with Crippen molar-refractivity contribution in [2.75, 3.05) is 26.3 Å². The fourth-order valence-electron chi connectivity index (χ4n) is 5.54. The molecule has 0 amide bonds. The van der Waals surface area contributed by atoms with E-state index >= 15 is 0 Å². The highest BCUT2D eigenvalue weighted by Gasteiger charge is 2.30. The van der Waals surface area contributed by atoms with Crippen LogP contribution in [-0.2, 0) is 14.3 Å². The molecule has 1 heterocycles. The van der Waals surface area contributed by atoms with Gasteiger partial charge in [-0.2, -0.15) is 0 Å². The van der Waals surface area contributed by atoms with Gasteiger partial charge >= 0.3 is 5.97 Å². The number of nitrogens with one attached hydrogen (secondary N) is 1. The minimum absolute atomic E-state index is 0.000718. The Morgan fingerprint density at radius 3 is 2.11 bits per heavy atom. The standard InChI is InChI=1S/C17H31N3O.C12H22O3/c1-3-7-15(8-4-1)18-17(20-11-13-21-14-12-20)19-16-9-5-2-6-10-16;1-4-12(2,3)15-11(14)9-5-7-10(13)8-6-9/h15-16H,1-14H2,(H,18,19);9-10,13H,4-8H2,1-3H3. The van der Waals surface area contributed by atoms with Crippen LogP contribution in [0, 0.1) is 5.92 Å². The van der Waals surface area contributed by atoms with Crippen LogP contribution in [-0.4, -0.2) is 72.0 Å². The Labute approximate surface area is 219 Å². The summed E-state index contributed by atoms with van der Waals surface area (Å²) in [5.74, 6) is 1.09. The maximum absolute atomic E-state index is 11.8. The number of aliphatic hydroxyl groups is 1. The Bertz CT molecular complexity index is 657. The lowest BCUT2D eigenvalue weighted by atomic mass is 9.87. The molecule has 2 N–H and O–H groups in total. The Balaban J connectivity index is 0.000000214. The minimum Gasteiger partial charge on any atom is -0.459 e. The van der Waals surface area contributed by atoms with Gasteiger partial charge in [0.2, 0.25) is 0 Å². The van der Waals surface area contributed by atoms with Gasteiger partial charge in [0.15, 0.2) is 5.96 Å². The van der Waals surface area contributed by atoms with E-state index in [9.17, 15) is 9.90 Å². The second kappa shape index (κ2) is 15.2. The molecule has 4 aliphatic rings. The summed E-state index contributed by atoms with van der Waals surface area (Å²) >= 11 is 0. The first-order chi connectivity index (χ1) is 17.4. The van der Waals surface area contributed by atoms with Crippen LogP contribution in [0.2, 0.25) is 0 Å². The number of morpholine rings is 1. The van der Waals surface area contributed by atoms with Gasteiger partial charge in [0.05, 0.1) is 31.3 Å². The summed E-state index contributed by atoms with van der Waals surface area (Å²) in [7, 11) is 0. The smallest absolute Gasteiger partial charge is 0.309 e. The third-order valence-corrected chi connectivity index (χ3v) is 8.39. The lowest BCUT2D eigenvalue weighted by Gasteiger charge is -2.34. The van der Waals surface area contributed by atoms with Crippen molar-refractivity contribution < 1.29 is 19.4 Å². The summed E-state index contributed by atoms with van der Waals surface area (Å²) in [5.41, 5.74) is -0.354. The van der Waals surface area contributed by atoms with Gasteiger partial charge in [-0.25, -0.2) is 4.99 Å². The van der Waals surface area contributed by atoms with Gasteiger partial charge in [-0.15, -0.1) is 0 Å². The summed E-state index contributed by atoms with van der Waals surface area (Å²) in [4.78, 5) is 19.3. The molecule has 1 saturated heterocycles. The number of hydrogen-bond donors (Lipinski definition) is 2. The lowest BCUT2D eigenvalue weighted by Crippen LogP contribution is -2.51. The SMILES string of the molecule is C1CCC(N=C(NC2CCCCC2)N2CCOCC2)CC1.CCC(C)(C)OC(=O)C1CCC(O)CC1. The molecule has 0 atom stereocenters. The van der Waals surface area contributed by atoms with E-state index in [0.717, 1.165) is 58.4 Å². The zero-order valence-electron chi connectivity index (χ0n) is 23.3. The van der Waals surface area contributed by atoms with E-state index in [1.54, 1.807) is 0 Å². The Morgan fingerprint density at radius 1 is 0.944 bits per heavy atom. The highest BCUT2D eigenvalue weighted by atomic mass is 16.6. The highest BCUT2D eigenvalue weighted by Crippen LogP contribution is 2.27. The number of esters is 1. The van der Waals surface area contributed by atoms with Crippen molar-refractivity contribution in [1.29, 1.82) is 0 Å².